The number of hydrogen-bond acceptors (Lipinski definition) is 1. The molecule has 0 bridgehead atoms. The van der Waals surface area contributed by atoms with Crippen LogP contribution in [-0.2, 0) is 11.2 Å². The minimum Gasteiger partial charge on any atom is -0.356 e. The lowest BCUT2D eigenvalue weighted by Gasteiger charge is -2.21. The number of carbonyl (C=O) groups is 1. The summed E-state index contributed by atoms with van der Waals surface area (Å²) in [4.78, 5) is 11.1. The van der Waals surface area contributed by atoms with Crippen molar-refractivity contribution in [2.24, 2.45) is 5.41 Å². The van der Waals surface area contributed by atoms with Gasteiger partial charge in [0.15, 0.2) is 0 Å². The Morgan fingerprint density at radius 1 is 1.40 bits per heavy atom. The second-order valence-corrected chi connectivity index (χ2v) is 4.57. The molecule has 80 valence electrons. The van der Waals surface area contributed by atoms with Crippen molar-refractivity contribution < 1.29 is 9.18 Å². The lowest BCUT2D eigenvalue weighted by molar-refractivity contribution is -0.119. The first-order valence-corrected chi connectivity index (χ1v) is 5.09. The van der Waals surface area contributed by atoms with Crippen LogP contribution in [0.1, 0.15) is 18.9 Å². The van der Waals surface area contributed by atoms with Gasteiger partial charge in [-0.15, -0.1) is 0 Å². The second-order valence-electron chi connectivity index (χ2n) is 4.57. The normalized spacial score (nSPS) is 25.3. The number of benzene rings is 1. The Balaban J connectivity index is 2.08. The van der Waals surface area contributed by atoms with Crippen molar-refractivity contribution >= 4 is 5.91 Å². The summed E-state index contributed by atoms with van der Waals surface area (Å²) in [6.07, 6.45) is 1.37. The Bertz CT molecular complexity index is 374. The van der Waals surface area contributed by atoms with Crippen LogP contribution in [0.5, 0.6) is 0 Å². The van der Waals surface area contributed by atoms with E-state index in [0.717, 1.165) is 12.0 Å². The summed E-state index contributed by atoms with van der Waals surface area (Å²) in [6, 6.07) is 6.48. The van der Waals surface area contributed by atoms with Crippen LogP contribution >= 0.6 is 0 Å². The third kappa shape index (κ3) is 2.35. The van der Waals surface area contributed by atoms with E-state index in [4.69, 9.17) is 0 Å². The van der Waals surface area contributed by atoms with E-state index in [2.05, 4.69) is 12.2 Å². The maximum Gasteiger partial charge on any atom is 0.220 e. The lowest BCUT2D eigenvalue weighted by Crippen LogP contribution is -2.22. The highest BCUT2D eigenvalue weighted by Gasteiger charge is 2.33. The van der Waals surface area contributed by atoms with E-state index in [1.54, 1.807) is 12.1 Å². The van der Waals surface area contributed by atoms with E-state index in [9.17, 15) is 9.18 Å². The lowest BCUT2D eigenvalue weighted by atomic mass is 9.83. The van der Waals surface area contributed by atoms with Gasteiger partial charge in [-0.05, 0) is 29.5 Å². The fourth-order valence-corrected chi connectivity index (χ4v) is 2.04. The number of hydrogen-bond donors (Lipinski definition) is 1. The first-order valence-electron chi connectivity index (χ1n) is 5.09. The molecule has 0 spiro atoms. The highest BCUT2D eigenvalue weighted by atomic mass is 19.1. The van der Waals surface area contributed by atoms with Crippen LogP contribution < -0.4 is 5.32 Å². The standard InChI is InChI=1S/C12H14FNO/c1-12(7-11(15)14-8-12)6-9-2-4-10(13)5-3-9/h2-5H,6-8H2,1H3,(H,14,15). The van der Waals surface area contributed by atoms with Crippen molar-refractivity contribution in [3.63, 3.8) is 0 Å². The summed E-state index contributed by atoms with van der Waals surface area (Å²) in [6.45, 7) is 2.79. The smallest absolute Gasteiger partial charge is 0.220 e. The van der Waals surface area contributed by atoms with Gasteiger partial charge in [-0.25, -0.2) is 4.39 Å². The SMILES string of the molecule is CC1(Cc2ccc(F)cc2)CNC(=O)C1. The van der Waals surface area contributed by atoms with Crippen LogP contribution in [-0.4, -0.2) is 12.5 Å². The highest BCUT2D eigenvalue weighted by Crippen LogP contribution is 2.29. The molecule has 1 aromatic rings. The molecule has 15 heavy (non-hydrogen) atoms. The Morgan fingerprint density at radius 3 is 2.60 bits per heavy atom. The molecule has 1 aliphatic rings. The van der Waals surface area contributed by atoms with Gasteiger partial charge in [0, 0.05) is 13.0 Å². The van der Waals surface area contributed by atoms with Gasteiger partial charge in [0.05, 0.1) is 0 Å². The van der Waals surface area contributed by atoms with Gasteiger partial charge in [-0.1, -0.05) is 19.1 Å². The van der Waals surface area contributed by atoms with Crippen molar-refractivity contribution in [1.82, 2.24) is 5.32 Å². The third-order valence-corrected chi connectivity index (χ3v) is 2.84. The van der Waals surface area contributed by atoms with Gasteiger partial charge in [0.25, 0.3) is 0 Å². The monoisotopic (exact) mass is 207 g/mol. The van der Waals surface area contributed by atoms with Crippen molar-refractivity contribution in [3.8, 4) is 0 Å². The quantitative estimate of drug-likeness (QED) is 0.788. The second kappa shape index (κ2) is 3.65. The van der Waals surface area contributed by atoms with Crippen molar-refractivity contribution in [2.75, 3.05) is 6.54 Å². The third-order valence-electron chi connectivity index (χ3n) is 2.84. The largest absolute Gasteiger partial charge is 0.356 e. The topological polar surface area (TPSA) is 29.1 Å². The van der Waals surface area contributed by atoms with Crippen LogP contribution in [0, 0.1) is 11.2 Å². The molecular formula is C12H14FNO. The van der Waals surface area contributed by atoms with E-state index in [1.807, 2.05) is 0 Å². The molecule has 1 unspecified atom stereocenters. The molecule has 0 radical (unpaired) electrons. The summed E-state index contributed by atoms with van der Waals surface area (Å²) in [5.41, 5.74) is 1.06. The molecule has 1 amide bonds. The maximum atomic E-state index is 12.7. The van der Waals surface area contributed by atoms with Gasteiger partial charge < -0.3 is 5.32 Å². The summed E-state index contributed by atoms with van der Waals surface area (Å²) < 4.78 is 12.7. The summed E-state index contributed by atoms with van der Waals surface area (Å²) in [5, 5.41) is 2.83. The molecule has 0 aromatic heterocycles. The Labute approximate surface area is 88.5 Å². The molecule has 3 heteroatoms. The first-order chi connectivity index (χ1) is 7.07. The molecule has 1 heterocycles. The van der Waals surface area contributed by atoms with Gasteiger partial charge in [0.1, 0.15) is 5.82 Å². The van der Waals surface area contributed by atoms with Crippen molar-refractivity contribution in [3.05, 3.63) is 35.6 Å². The molecule has 1 saturated heterocycles. The van der Waals surface area contributed by atoms with E-state index >= 15 is 0 Å². The average Bonchev–Trinajstić information content (AvgIpc) is 2.50. The zero-order chi connectivity index (χ0) is 10.9. The molecule has 1 atom stereocenters. The highest BCUT2D eigenvalue weighted by molar-refractivity contribution is 5.79. The maximum absolute atomic E-state index is 12.7. The van der Waals surface area contributed by atoms with E-state index in [-0.39, 0.29) is 17.1 Å². The molecule has 1 N–H and O–H groups in total. The molecule has 0 aliphatic carbocycles. The number of halogens is 1. The molecule has 2 nitrogen and oxygen atoms in total. The van der Waals surface area contributed by atoms with Crippen molar-refractivity contribution in [1.29, 1.82) is 0 Å². The van der Waals surface area contributed by atoms with E-state index in [1.165, 1.54) is 12.1 Å². The Kier molecular flexibility index (Phi) is 2.47. The van der Waals surface area contributed by atoms with Crippen LogP contribution in [0.2, 0.25) is 0 Å². The number of amides is 1. The predicted molar refractivity (Wildman–Crippen MR) is 55.8 cm³/mol. The average molecular weight is 207 g/mol. The predicted octanol–water partition coefficient (Wildman–Crippen LogP) is 1.89. The minimum atomic E-state index is -0.218. The summed E-state index contributed by atoms with van der Waals surface area (Å²) >= 11 is 0. The van der Waals surface area contributed by atoms with Crippen LogP contribution in [0.25, 0.3) is 0 Å². The summed E-state index contributed by atoms with van der Waals surface area (Å²) in [5.74, 6) is -0.107. The summed E-state index contributed by atoms with van der Waals surface area (Å²) in [7, 11) is 0. The van der Waals surface area contributed by atoms with Gasteiger partial charge in [0.2, 0.25) is 5.91 Å². The fraction of sp³-hybridized carbons (Fsp3) is 0.417. The minimum absolute atomic E-state index is 0.0189. The zero-order valence-electron chi connectivity index (χ0n) is 8.72. The van der Waals surface area contributed by atoms with Crippen LogP contribution in [0.4, 0.5) is 4.39 Å². The van der Waals surface area contributed by atoms with E-state index in [0.29, 0.717) is 13.0 Å². The van der Waals surface area contributed by atoms with Crippen LogP contribution in [0.15, 0.2) is 24.3 Å². The number of carbonyl (C=O) groups excluding carboxylic acids is 1. The van der Waals surface area contributed by atoms with Crippen molar-refractivity contribution in [2.45, 2.75) is 19.8 Å². The Hall–Kier alpha value is -1.38. The zero-order valence-corrected chi connectivity index (χ0v) is 8.72. The molecule has 1 aromatic carbocycles. The molecule has 0 saturated carbocycles. The molecule has 2 rings (SSSR count). The molecule has 1 fully saturated rings. The van der Waals surface area contributed by atoms with Gasteiger partial charge >= 0.3 is 0 Å². The van der Waals surface area contributed by atoms with Crippen LogP contribution in [0.3, 0.4) is 0 Å². The van der Waals surface area contributed by atoms with Gasteiger partial charge in [-0.3, -0.25) is 4.79 Å². The van der Waals surface area contributed by atoms with Gasteiger partial charge in [-0.2, -0.15) is 0 Å². The first kappa shape index (κ1) is 10.1. The Morgan fingerprint density at radius 2 is 2.07 bits per heavy atom. The molecular weight excluding hydrogens is 193 g/mol. The number of nitrogens with one attached hydrogen (secondary N) is 1. The molecule has 1 aliphatic heterocycles. The van der Waals surface area contributed by atoms with E-state index < -0.39 is 0 Å². The fourth-order valence-electron chi connectivity index (χ4n) is 2.04. The number of rotatable bonds is 2.